The Morgan fingerprint density at radius 2 is 1.86 bits per heavy atom. The second kappa shape index (κ2) is 8.34. The lowest BCUT2D eigenvalue weighted by Gasteiger charge is -2.35. The number of amides is 1. The van der Waals surface area contributed by atoms with Crippen LogP contribution in [0.5, 0.6) is 0 Å². The van der Waals surface area contributed by atoms with E-state index in [0.717, 1.165) is 13.1 Å². The van der Waals surface area contributed by atoms with Gasteiger partial charge >= 0.3 is 5.97 Å². The lowest BCUT2D eigenvalue weighted by atomic mass is 10.0. The fourth-order valence-corrected chi connectivity index (χ4v) is 2.68. The molecule has 0 bridgehead atoms. The van der Waals surface area contributed by atoms with Gasteiger partial charge in [-0.3, -0.25) is 9.69 Å². The quantitative estimate of drug-likeness (QED) is 0.735. The molecule has 1 saturated heterocycles. The van der Waals surface area contributed by atoms with Crippen LogP contribution in [-0.4, -0.2) is 61.8 Å². The molecule has 0 spiro atoms. The van der Waals surface area contributed by atoms with E-state index >= 15 is 0 Å². The number of hydrogen-bond donors (Lipinski definition) is 1. The molecule has 1 fully saturated rings. The average molecular weight is 300 g/mol. The molecule has 1 N–H and O–H groups in total. The first kappa shape index (κ1) is 17.9. The molecule has 1 rings (SSSR count). The SMILES string of the molecule is COC(=O)C(CC(C)C)NC(=O)CN1CC(C)OC(C)C1. The molecule has 122 valence electrons. The summed E-state index contributed by atoms with van der Waals surface area (Å²) in [5, 5.41) is 2.78. The summed E-state index contributed by atoms with van der Waals surface area (Å²) in [5.74, 6) is -0.231. The maximum absolute atomic E-state index is 12.1. The first-order valence-electron chi connectivity index (χ1n) is 7.56. The molecule has 1 heterocycles. The van der Waals surface area contributed by atoms with Gasteiger partial charge in [0.1, 0.15) is 6.04 Å². The number of ether oxygens (including phenoxy) is 2. The molecular weight excluding hydrogens is 272 g/mol. The second-order valence-electron chi connectivity index (χ2n) is 6.22. The highest BCUT2D eigenvalue weighted by Crippen LogP contribution is 2.10. The zero-order valence-corrected chi connectivity index (χ0v) is 13.7. The third-order valence-electron chi connectivity index (χ3n) is 3.39. The van der Waals surface area contributed by atoms with Gasteiger partial charge in [0, 0.05) is 13.1 Å². The maximum Gasteiger partial charge on any atom is 0.328 e. The van der Waals surface area contributed by atoms with Crippen LogP contribution in [-0.2, 0) is 19.1 Å². The predicted molar refractivity (Wildman–Crippen MR) is 79.9 cm³/mol. The number of carbonyl (C=O) groups is 2. The van der Waals surface area contributed by atoms with E-state index in [-0.39, 0.29) is 30.6 Å². The van der Waals surface area contributed by atoms with Gasteiger partial charge in [-0.2, -0.15) is 0 Å². The normalized spacial score (nSPS) is 24.7. The van der Waals surface area contributed by atoms with Gasteiger partial charge in [-0.25, -0.2) is 4.79 Å². The van der Waals surface area contributed by atoms with Gasteiger partial charge in [0.15, 0.2) is 0 Å². The molecule has 1 aliphatic rings. The minimum absolute atomic E-state index is 0.119. The van der Waals surface area contributed by atoms with E-state index in [1.54, 1.807) is 0 Å². The summed E-state index contributed by atoms with van der Waals surface area (Å²) in [6.07, 6.45) is 0.816. The number of rotatable bonds is 6. The van der Waals surface area contributed by atoms with Gasteiger partial charge in [0.25, 0.3) is 0 Å². The molecule has 0 radical (unpaired) electrons. The van der Waals surface area contributed by atoms with E-state index in [0.29, 0.717) is 12.3 Å². The monoisotopic (exact) mass is 300 g/mol. The third kappa shape index (κ3) is 6.44. The first-order valence-corrected chi connectivity index (χ1v) is 7.56. The number of hydrogen-bond acceptors (Lipinski definition) is 5. The van der Waals surface area contributed by atoms with Crippen molar-refractivity contribution in [2.75, 3.05) is 26.7 Å². The van der Waals surface area contributed by atoms with Crippen molar-refractivity contribution in [2.24, 2.45) is 5.92 Å². The van der Waals surface area contributed by atoms with Gasteiger partial charge in [0.05, 0.1) is 25.9 Å². The minimum Gasteiger partial charge on any atom is -0.467 e. The van der Waals surface area contributed by atoms with Gasteiger partial charge in [-0.1, -0.05) is 13.8 Å². The highest BCUT2D eigenvalue weighted by Gasteiger charge is 2.26. The topological polar surface area (TPSA) is 67.9 Å². The van der Waals surface area contributed by atoms with Crippen LogP contribution in [0.2, 0.25) is 0 Å². The standard InChI is InChI=1S/C15H28N2O4/c1-10(2)6-13(15(19)20-5)16-14(18)9-17-7-11(3)21-12(4)8-17/h10-13H,6-9H2,1-5H3,(H,16,18). The number of esters is 1. The van der Waals surface area contributed by atoms with E-state index in [2.05, 4.69) is 10.2 Å². The van der Waals surface area contributed by atoms with Crippen LogP contribution in [0.25, 0.3) is 0 Å². The fourth-order valence-electron chi connectivity index (χ4n) is 2.68. The molecule has 3 unspecified atom stereocenters. The molecule has 0 aromatic rings. The molecule has 0 saturated carbocycles. The van der Waals surface area contributed by atoms with Gasteiger partial charge in [-0.15, -0.1) is 0 Å². The van der Waals surface area contributed by atoms with Crippen molar-refractivity contribution in [2.45, 2.75) is 52.4 Å². The van der Waals surface area contributed by atoms with Crippen molar-refractivity contribution in [3.63, 3.8) is 0 Å². The Kier molecular flexibility index (Phi) is 7.11. The summed E-state index contributed by atoms with van der Waals surface area (Å²) >= 11 is 0. The Morgan fingerprint density at radius 3 is 2.33 bits per heavy atom. The van der Waals surface area contributed by atoms with Crippen molar-refractivity contribution >= 4 is 11.9 Å². The summed E-state index contributed by atoms with van der Waals surface area (Å²) in [5.41, 5.74) is 0. The molecule has 1 amide bonds. The lowest BCUT2D eigenvalue weighted by molar-refractivity contribution is -0.146. The van der Waals surface area contributed by atoms with Gasteiger partial charge < -0.3 is 14.8 Å². The first-order chi connectivity index (χ1) is 9.81. The Labute approximate surface area is 127 Å². The van der Waals surface area contributed by atoms with Crippen LogP contribution in [0, 0.1) is 5.92 Å². The molecule has 0 aromatic heterocycles. The maximum atomic E-state index is 12.1. The van der Waals surface area contributed by atoms with Crippen LogP contribution < -0.4 is 5.32 Å². The van der Waals surface area contributed by atoms with Crippen LogP contribution in [0.15, 0.2) is 0 Å². The molecule has 6 nitrogen and oxygen atoms in total. The summed E-state index contributed by atoms with van der Waals surface area (Å²) in [4.78, 5) is 25.9. The Morgan fingerprint density at radius 1 is 1.29 bits per heavy atom. The number of morpholine rings is 1. The molecule has 21 heavy (non-hydrogen) atoms. The molecule has 0 aliphatic carbocycles. The Bertz CT molecular complexity index is 350. The zero-order chi connectivity index (χ0) is 16.0. The van der Waals surface area contributed by atoms with Crippen LogP contribution in [0.1, 0.15) is 34.1 Å². The van der Waals surface area contributed by atoms with Crippen LogP contribution >= 0.6 is 0 Å². The highest BCUT2D eigenvalue weighted by molar-refractivity contribution is 5.85. The largest absolute Gasteiger partial charge is 0.467 e. The van der Waals surface area contributed by atoms with Gasteiger partial charge in [0.2, 0.25) is 5.91 Å². The predicted octanol–water partition coefficient (Wildman–Crippen LogP) is 0.800. The third-order valence-corrected chi connectivity index (χ3v) is 3.39. The molecule has 3 atom stereocenters. The van der Waals surface area contributed by atoms with Crippen molar-refractivity contribution in [1.82, 2.24) is 10.2 Å². The highest BCUT2D eigenvalue weighted by atomic mass is 16.5. The summed E-state index contributed by atoms with van der Waals surface area (Å²) < 4.78 is 10.4. The van der Waals surface area contributed by atoms with Crippen LogP contribution in [0.3, 0.4) is 0 Å². The van der Waals surface area contributed by atoms with E-state index in [1.807, 2.05) is 27.7 Å². The lowest BCUT2D eigenvalue weighted by Crippen LogP contribution is -2.51. The number of nitrogens with zero attached hydrogens (tertiary/aromatic N) is 1. The van der Waals surface area contributed by atoms with E-state index in [1.165, 1.54) is 7.11 Å². The Balaban J connectivity index is 2.51. The van der Waals surface area contributed by atoms with Crippen molar-refractivity contribution in [3.05, 3.63) is 0 Å². The smallest absolute Gasteiger partial charge is 0.328 e. The second-order valence-corrected chi connectivity index (χ2v) is 6.22. The van der Waals surface area contributed by atoms with E-state index in [4.69, 9.17) is 9.47 Å². The minimum atomic E-state index is -0.571. The van der Waals surface area contributed by atoms with Crippen LogP contribution in [0.4, 0.5) is 0 Å². The van der Waals surface area contributed by atoms with Gasteiger partial charge in [-0.05, 0) is 26.2 Å². The van der Waals surface area contributed by atoms with E-state index in [9.17, 15) is 9.59 Å². The van der Waals surface area contributed by atoms with Crippen molar-refractivity contribution in [1.29, 1.82) is 0 Å². The zero-order valence-electron chi connectivity index (χ0n) is 13.7. The molecule has 6 heteroatoms. The Hall–Kier alpha value is -1.14. The van der Waals surface area contributed by atoms with Crippen molar-refractivity contribution in [3.8, 4) is 0 Å². The molecular formula is C15H28N2O4. The summed E-state index contributed by atoms with van der Waals surface area (Å²) in [6, 6.07) is -0.571. The summed E-state index contributed by atoms with van der Waals surface area (Å²) in [6.45, 7) is 9.74. The number of methoxy groups -OCH3 is 1. The van der Waals surface area contributed by atoms with E-state index < -0.39 is 6.04 Å². The average Bonchev–Trinajstić information content (AvgIpc) is 2.34. The number of carbonyl (C=O) groups excluding carboxylic acids is 2. The molecule has 1 aliphatic heterocycles. The number of nitrogens with one attached hydrogen (secondary N) is 1. The fraction of sp³-hybridized carbons (Fsp3) is 0.867. The summed E-state index contributed by atoms with van der Waals surface area (Å²) in [7, 11) is 1.34. The van der Waals surface area contributed by atoms with Crippen molar-refractivity contribution < 1.29 is 19.1 Å². The molecule has 0 aromatic carbocycles.